The molecule has 0 saturated carbocycles. The highest BCUT2D eigenvalue weighted by Crippen LogP contribution is 2.09. The van der Waals surface area contributed by atoms with Gasteiger partial charge < -0.3 is 19.5 Å². The Hall–Kier alpha value is -2.27. The highest BCUT2D eigenvalue weighted by molar-refractivity contribution is 5.98. The van der Waals surface area contributed by atoms with Crippen molar-refractivity contribution in [1.29, 1.82) is 0 Å². The van der Waals surface area contributed by atoms with Gasteiger partial charge in [0.05, 0.1) is 6.54 Å². The van der Waals surface area contributed by atoms with Crippen molar-refractivity contribution in [3.63, 3.8) is 0 Å². The van der Waals surface area contributed by atoms with Gasteiger partial charge in [0.2, 0.25) is 5.96 Å². The van der Waals surface area contributed by atoms with Crippen LogP contribution in [0.4, 0.5) is 9.59 Å². The Labute approximate surface area is 162 Å². The fraction of sp³-hybridized carbons (Fsp3) is 0.737. The van der Waals surface area contributed by atoms with Crippen LogP contribution in [0.15, 0.2) is 4.99 Å². The van der Waals surface area contributed by atoms with Gasteiger partial charge in [-0.25, -0.2) is 9.59 Å². The van der Waals surface area contributed by atoms with Gasteiger partial charge in [-0.05, 0) is 54.4 Å². The number of ether oxygens (including phenoxy) is 2. The van der Waals surface area contributed by atoms with Crippen LogP contribution in [-0.2, 0) is 9.47 Å². The standard InChI is InChI=1S/C19H33N3O5/c1-18(2,3)26-16(24)20-15(21-17(25)27-19(4,5)6)22(7)13-11-9-8-10-12-14-23/h23H,8,10,12-14H2,1-7H3,(H,20,21,24,25). The lowest BCUT2D eigenvalue weighted by Crippen LogP contribution is -2.45. The molecule has 0 radical (unpaired) electrons. The van der Waals surface area contributed by atoms with Gasteiger partial charge >= 0.3 is 12.2 Å². The van der Waals surface area contributed by atoms with Crippen LogP contribution in [0.25, 0.3) is 0 Å². The van der Waals surface area contributed by atoms with Gasteiger partial charge in [-0.3, -0.25) is 5.32 Å². The SMILES string of the molecule is CN(CC#CCCCCO)/C(=N/C(=O)OC(C)(C)C)NC(=O)OC(C)(C)C. The van der Waals surface area contributed by atoms with E-state index in [4.69, 9.17) is 14.6 Å². The van der Waals surface area contributed by atoms with Gasteiger partial charge in [0.25, 0.3) is 0 Å². The van der Waals surface area contributed by atoms with Crippen LogP contribution >= 0.6 is 0 Å². The summed E-state index contributed by atoms with van der Waals surface area (Å²) in [5.41, 5.74) is -1.39. The van der Waals surface area contributed by atoms with E-state index < -0.39 is 23.4 Å². The number of aliphatic hydroxyl groups is 1. The molecule has 0 unspecified atom stereocenters. The molecular formula is C19H33N3O5. The highest BCUT2D eigenvalue weighted by Gasteiger charge is 2.21. The molecule has 0 aromatic heterocycles. The summed E-state index contributed by atoms with van der Waals surface area (Å²) in [5, 5.41) is 11.2. The van der Waals surface area contributed by atoms with Crippen molar-refractivity contribution < 1.29 is 24.2 Å². The molecule has 0 spiro atoms. The number of hydrogen-bond donors (Lipinski definition) is 2. The van der Waals surface area contributed by atoms with E-state index >= 15 is 0 Å². The second kappa shape index (κ2) is 11.4. The van der Waals surface area contributed by atoms with Crippen molar-refractivity contribution in [3.05, 3.63) is 0 Å². The number of aliphatic imine (C=N–C) groups is 1. The van der Waals surface area contributed by atoms with Crippen LogP contribution in [-0.4, -0.2) is 59.6 Å². The monoisotopic (exact) mass is 383 g/mol. The quantitative estimate of drug-likeness (QED) is 0.335. The second-order valence-corrected chi connectivity index (χ2v) is 7.93. The minimum Gasteiger partial charge on any atom is -0.444 e. The van der Waals surface area contributed by atoms with E-state index in [1.165, 1.54) is 4.90 Å². The van der Waals surface area contributed by atoms with E-state index in [9.17, 15) is 9.59 Å². The maximum Gasteiger partial charge on any atom is 0.437 e. The Balaban J connectivity index is 5.10. The fourth-order valence-corrected chi connectivity index (χ4v) is 1.64. The number of rotatable bonds is 4. The predicted octanol–water partition coefficient (Wildman–Crippen LogP) is 2.90. The second-order valence-electron chi connectivity index (χ2n) is 7.93. The Morgan fingerprint density at radius 2 is 1.63 bits per heavy atom. The number of unbranched alkanes of at least 4 members (excludes halogenated alkanes) is 2. The normalized spacial score (nSPS) is 11.9. The van der Waals surface area contributed by atoms with Gasteiger partial charge in [-0.15, -0.1) is 10.9 Å². The van der Waals surface area contributed by atoms with Gasteiger partial charge in [0.1, 0.15) is 11.2 Å². The third kappa shape index (κ3) is 14.6. The molecular weight excluding hydrogens is 350 g/mol. The number of alkyl carbamates (subject to hydrolysis) is 1. The van der Waals surface area contributed by atoms with E-state index in [1.807, 2.05) is 0 Å². The minimum atomic E-state index is -0.823. The van der Waals surface area contributed by atoms with Gasteiger partial charge in [0, 0.05) is 20.1 Å². The lowest BCUT2D eigenvalue weighted by molar-refractivity contribution is 0.0556. The van der Waals surface area contributed by atoms with Crippen molar-refractivity contribution in [2.45, 2.75) is 72.0 Å². The zero-order chi connectivity index (χ0) is 21.1. The molecule has 0 aromatic rings. The highest BCUT2D eigenvalue weighted by atomic mass is 16.6. The summed E-state index contributed by atoms with van der Waals surface area (Å²) in [5.74, 6) is 5.90. The van der Waals surface area contributed by atoms with Crippen LogP contribution in [0.5, 0.6) is 0 Å². The van der Waals surface area contributed by atoms with Crippen molar-refractivity contribution >= 4 is 18.1 Å². The fourth-order valence-electron chi connectivity index (χ4n) is 1.64. The largest absolute Gasteiger partial charge is 0.444 e. The molecule has 0 fully saturated rings. The van der Waals surface area contributed by atoms with Crippen LogP contribution in [0.3, 0.4) is 0 Å². The number of nitrogens with zero attached hydrogens (tertiary/aromatic N) is 2. The van der Waals surface area contributed by atoms with Crippen molar-refractivity contribution in [1.82, 2.24) is 10.2 Å². The summed E-state index contributed by atoms with van der Waals surface area (Å²) >= 11 is 0. The first-order valence-electron chi connectivity index (χ1n) is 8.93. The van der Waals surface area contributed by atoms with E-state index in [0.717, 1.165) is 6.42 Å². The number of carbonyl (C=O) groups is 2. The smallest absolute Gasteiger partial charge is 0.437 e. The summed E-state index contributed by atoms with van der Waals surface area (Å²) in [6, 6.07) is 0. The first kappa shape index (κ1) is 24.7. The molecule has 0 saturated heterocycles. The van der Waals surface area contributed by atoms with Gasteiger partial charge in [-0.1, -0.05) is 5.92 Å². The molecule has 27 heavy (non-hydrogen) atoms. The third-order valence-corrected chi connectivity index (χ3v) is 2.72. The summed E-state index contributed by atoms with van der Waals surface area (Å²) in [6.07, 6.45) is 0.619. The summed E-state index contributed by atoms with van der Waals surface area (Å²) in [7, 11) is 1.64. The lowest BCUT2D eigenvalue weighted by atomic mass is 10.2. The Morgan fingerprint density at radius 3 is 2.15 bits per heavy atom. The zero-order valence-corrected chi connectivity index (χ0v) is 17.5. The maximum absolute atomic E-state index is 12.0. The molecule has 0 rings (SSSR count). The number of hydrogen-bond acceptors (Lipinski definition) is 5. The number of amides is 2. The van der Waals surface area contributed by atoms with Crippen LogP contribution in [0.1, 0.15) is 60.8 Å². The molecule has 0 aromatic carbocycles. The molecule has 2 amide bonds. The average molecular weight is 383 g/mol. The molecule has 2 N–H and O–H groups in total. The van der Waals surface area contributed by atoms with Crippen LogP contribution < -0.4 is 5.32 Å². The summed E-state index contributed by atoms with van der Waals surface area (Å²) in [6.45, 7) is 10.8. The van der Waals surface area contributed by atoms with E-state index in [2.05, 4.69) is 22.2 Å². The first-order valence-corrected chi connectivity index (χ1v) is 8.93. The Kier molecular flexibility index (Phi) is 10.5. The zero-order valence-electron chi connectivity index (χ0n) is 17.5. The molecule has 0 aliphatic carbocycles. The molecule has 0 aliphatic rings. The molecule has 8 heteroatoms. The average Bonchev–Trinajstić information content (AvgIpc) is 2.46. The number of guanidine groups is 1. The number of carbonyl (C=O) groups excluding carboxylic acids is 2. The third-order valence-electron chi connectivity index (χ3n) is 2.72. The molecule has 0 aliphatic heterocycles. The lowest BCUT2D eigenvalue weighted by Gasteiger charge is -2.23. The van der Waals surface area contributed by atoms with Gasteiger partial charge in [-0.2, -0.15) is 0 Å². The number of aliphatic hydroxyl groups excluding tert-OH is 1. The summed E-state index contributed by atoms with van der Waals surface area (Å²) < 4.78 is 10.4. The minimum absolute atomic E-state index is 0.0110. The van der Waals surface area contributed by atoms with E-state index in [0.29, 0.717) is 12.8 Å². The molecule has 0 heterocycles. The molecule has 154 valence electrons. The molecule has 0 atom stereocenters. The van der Waals surface area contributed by atoms with Crippen molar-refractivity contribution in [3.8, 4) is 11.8 Å². The topological polar surface area (TPSA) is 100 Å². The Morgan fingerprint density at radius 1 is 1.04 bits per heavy atom. The molecule has 0 bridgehead atoms. The first-order chi connectivity index (χ1) is 12.3. The van der Waals surface area contributed by atoms with E-state index in [-0.39, 0.29) is 19.1 Å². The predicted molar refractivity (Wildman–Crippen MR) is 104 cm³/mol. The van der Waals surface area contributed by atoms with Crippen LogP contribution in [0.2, 0.25) is 0 Å². The van der Waals surface area contributed by atoms with E-state index in [1.54, 1.807) is 48.6 Å². The van der Waals surface area contributed by atoms with Crippen molar-refractivity contribution in [2.75, 3.05) is 20.2 Å². The summed E-state index contributed by atoms with van der Waals surface area (Å²) in [4.78, 5) is 29.4. The molecule has 8 nitrogen and oxygen atoms in total. The van der Waals surface area contributed by atoms with Gasteiger partial charge in [0.15, 0.2) is 0 Å². The van der Waals surface area contributed by atoms with Crippen molar-refractivity contribution in [2.24, 2.45) is 4.99 Å². The van der Waals surface area contributed by atoms with Crippen LogP contribution in [0, 0.1) is 11.8 Å². The maximum atomic E-state index is 12.0. The number of nitrogens with one attached hydrogen (secondary N) is 1. The Bertz CT molecular complexity index is 577.